The molecule has 0 radical (unpaired) electrons. The zero-order valence-corrected chi connectivity index (χ0v) is 22.1. The molecule has 5 rings (SSSR count). The van der Waals surface area contributed by atoms with Crippen LogP contribution in [0.25, 0.3) is 0 Å². The van der Waals surface area contributed by atoms with Gasteiger partial charge in [-0.05, 0) is 74.2 Å². The molecule has 0 spiro atoms. The third-order valence-electron chi connectivity index (χ3n) is 6.67. The number of rotatable bonds is 7. The van der Waals surface area contributed by atoms with Gasteiger partial charge in [0.05, 0.1) is 4.90 Å². The minimum Gasteiger partial charge on any atom is -0.369 e. The van der Waals surface area contributed by atoms with Gasteiger partial charge in [0.15, 0.2) is 0 Å². The molecule has 2 atom stereocenters. The third kappa shape index (κ3) is 5.28. The van der Waals surface area contributed by atoms with Crippen molar-refractivity contribution in [3.63, 3.8) is 0 Å². The summed E-state index contributed by atoms with van der Waals surface area (Å²) in [7, 11) is -3.72. The molecular weight excluding hydrogens is 520 g/mol. The van der Waals surface area contributed by atoms with Crippen molar-refractivity contribution >= 4 is 55.6 Å². The molecule has 2 aliphatic rings. The molecule has 9 nitrogen and oxygen atoms in total. The average molecular weight is 553 g/mol. The highest BCUT2D eigenvalue weighted by molar-refractivity contribution is 7.93. The average Bonchev–Trinajstić information content (AvgIpc) is 3.55. The van der Waals surface area contributed by atoms with E-state index in [1.54, 1.807) is 24.3 Å². The second-order valence-corrected chi connectivity index (χ2v) is 11.9. The molecular formula is C24H33ClN6O3S2. The maximum atomic E-state index is 13.1. The predicted molar refractivity (Wildman–Crippen MR) is 149 cm³/mol. The quantitative estimate of drug-likeness (QED) is 0.451. The van der Waals surface area contributed by atoms with Crippen LogP contribution in [-0.4, -0.2) is 55.4 Å². The number of carbonyl (C=O) groups excluding carboxylic acids is 1. The summed E-state index contributed by atoms with van der Waals surface area (Å²) in [6, 6.07) is 12.3. The minimum absolute atomic E-state index is 0. The molecule has 1 amide bonds. The summed E-state index contributed by atoms with van der Waals surface area (Å²) in [5, 5.41) is 4.16. The SMILES string of the molecule is C[C@H](C(=O)N[C@H]1CCN(c2ccc(S(=O)(=O)Nc3ncns3)cc2)C1)N1CCCc2cc(Cl)ccc21.[HH].[HH].[HH]. The maximum absolute atomic E-state index is 13.1. The van der Waals surface area contributed by atoms with E-state index in [1.165, 1.54) is 11.9 Å². The lowest BCUT2D eigenvalue weighted by atomic mass is 10.00. The Balaban J connectivity index is 0.00000178. The van der Waals surface area contributed by atoms with E-state index in [2.05, 4.69) is 29.2 Å². The largest absolute Gasteiger partial charge is 0.369 e. The van der Waals surface area contributed by atoms with Crippen LogP contribution in [-0.2, 0) is 21.2 Å². The Morgan fingerprint density at radius 2 is 2.03 bits per heavy atom. The number of aryl methyl sites for hydroxylation is 1. The monoisotopic (exact) mass is 552 g/mol. The molecule has 196 valence electrons. The summed E-state index contributed by atoms with van der Waals surface area (Å²) < 4.78 is 31.3. The second kappa shape index (κ2) is 10.2. The van der Waals surface area contributed by atoms with Crippen molar-refractivity contribution in [2.45, 2.75) is 43.2 Å². The van der Waals surface area contributed by atoms with E-state index in [1.807, 2.05) is 25.1 Å². The normalized spacial score (nSPS) is 18.6. The molecule has 0 saturated carbocycles. The summed E-state index contributed by atoms with van der Waals surface area (Å²) in [6.07, 6.45) is 4.08. The zero-order valence-electron chi connectivity index (χ0n) is 19.7. The fourth-order valence-electron chi connectivity index (χ4n) is 4.80. The van der Waals surface area contributed by atoms with Gasteiger partial charge in [0.2, 0.25) is 11.0 Å². The first-order valence-corrected chi connectivity index (χ1v) is 14.4. The number of nitrogens with zero attached hydrogens (tertiary/aromatic N) is 4. The molecule has 3 aromatic rings. The number of amides is 1. The van der Waals surface area contributed by atoms with Crippen molar-refractivity contribution < 1.29 is 17.5 Å². The van der Waals surface area contributed by atoms with E-state index in [4.69, 9.17) is 11.6 Å². The number of aromatic nitrogens is 2. The highest BCUT2D eigenvalue weighted by Gasteiger charge is 2.30. The van der Waals surface area contributed by atoms with Gasteiger partial charge in [-0.25, -0.2) is 13.4 Å². The number of halogens is 1. The Hall–Kier alpha value is -2.89. The van der Waals surface area contributed by atoms with E-state index in [0.717, 1.165) is 60.3 Å². The van der Waals surface area contributed by atoms with Crippen LogP contribution >= 0.6 is 23.1 Å². The third-order valence-corrected chi connectivity index (χ3v) is 8.97. The van der Waals surface area contributed by atoms with Crippen LogP contribution in [0.5, 0.6) is 0 Å². The highest BCUT2D eigenvalue weighted by atomic mass is 35.5. The van der Waals surface area contributed by atoms with E-state index < -0.39 is 10.0 Å². The smallest absolute Gasteiger partial charge is 0.263 e. The van der Waals surface area contributed by atoms with E-state index >= 15 is 0 Å². The molecule has 2 N–H and O–H groups in total. The molecule has 0 aliphatic carbocycles. The van der Waals surface area contributed by atoms with Gasteiger partial charge >= 0.3 is 0 Å². The summed E-state index contributed by atoms with van der Waals surface area (Å²) in [5.41, 5.74) is 3.18. The Bertz CT molecular complexity index is 1350. The number of anilines is 3. The van der Waals surface area contributed by atoms with Crippen LogP contribution in [0.4, 0.5) is 16.5 Å². The zero-order chi connectivity index (χ0) is 25.3. The molecule has 2 aromatic carbocycles. The Morgan fingerprint density at radius 1 is 1.22 bits per heavy atom. The van der Waals surface area contributed by atoms with Gasteiger partial charge < -0.3 is 15.1 Å². The molecule has 0 bridgehead atoms. The summed E-state index contributed by atoms with van der Waals surface area (Å²) in [4.78, 5) is 21.5. The number of hydrogen-bond donors (Lipinski definition) is 2. The predicted octanol–water partition coefficient (Wildman–Crippen LogP) is 4.27. The number of benzene rings is 2. The van der Waals surface area contributed by atoms with Crippen molar-refractivity contribution in [2.24, 2.45) is 0 Å². The number of hydrogen-bond acceptors (Lipinski definition) is 8. The minimum atomic E-state index is -3.72. The number of carbonyl (C=O) groups is 1. The highest BCUT2D eigenvalue weighted by Crippen LogP contribution is 2.31. The molecule has 0 unspecified atom stereocenters. The van der Waals surface area contributed by atoms with Crippen molar-refractivity contribution in [2.75, 3.05) is 34.2 Å². The molecule has 2 aliphatic heterocycles. The number of nitrogens with one attached hydrogen (secondary N) is 2. The van der Waals surface area contributed by atoms with Crippen LogP contribution < -0.4 is 19.8 Å². The lowest BCUT2D eigenvalue weighted by molar-refractivity contribution is -0.122. The van der Waals surface area contributed by atoms with E-state index in [0.29, 0.717) is 6.54 Å². The summed E-state index contributed by atoms with van der Waals surface area (Å²) >= 11 is 7.14. The van der Waals surface area contributed by atoms with Gasteiger partial charge in [-0.2, -0.15) is 4.37 Å². The van der Waals surface area contributed by atoms with Gasteiger partial charge in [-0.15, -0.1) is 0 Å². The van der Waals surface area contributed by atoms with Crippen molar-refractivity contribution in [3.8, 4) is 0 Å². The van der Waals surface area contributed by atoms with E-state index in [-0.39, 0.29) is 32.3 Å². The number of fused-ring (bicyclic) bond motifs is 1. The Morgan fingerprint density at radius 3 is 2.78 bits per heavy atom. The van der Waals surface area contributed by atoms with Crippen molar-refractivity contribution in [3.05, 3.63) is 59.4 Å². The summed E-state index contributed by atoms with van der Waals surface area (Å²) in [6.45, 7) is 4.23. The fourth-order valence-corrected chi connectivity index (χ4v) is 6.66. The van der Waals surface area contributed by atoms with Gasteiger partial charge in [0.1, 0.15) is 12.4 Å². The lowest BCUT2D eigenvalue weighted by Crippen LogP contribution is -2.50. The molecule has 36 heavy (non-hydrogen) atoms. The van der Waals surface area contributed by atoms with E-state index in [9.17, 15) is 13.2 Å². The van der Waals surface area contributed by atoms with Crippen LogP contribution in [0, 0.1) is 0 Å². The van der Waals surface area contributed by atoms with Gasteiger partial charge in [0, 0.05) is 57.9 Å². The first-order chi connectivity index (χ1) is 17.3. The first kappa shape index (κ1) is 24.8. The standard InChI is InChI=1S/C24H27ClN6O3S2.3H2/c1-16(31-11-2-3-17-13-18(25)4-9-22(17)31)23(32)28-19-10-12-30(14-19)20-5-7-21(8-6-20)36(33,34)29-24-26-15-27-35-24;;;/h4-9,13,15-16,19H,2-3,10-12,14H2,1H3,(H,28,32)(H,26,27,29);3*1H/t16-,19+;;;/m1.../s1. The number of sulfonamides is 1. The van der Waals surface area contributed by atoms with Crippen molar-refractivity contribution in [1.29, 1.82) is 0 Å². The molecule has 1 fully saturated rings. The molecule has 3 heterocycles. The molecule has 12 heteroatoms. The van der Waals surface area contributed by atoms with Crippen LogP contribution in [0.2, 0.25) is 5.02 Å². The fraction of sp³-hybridized carbons (Fsp3) is 0.375. The second-order valence-electron chi connectivity index (χ2n) is 9.03. The lowest BCUT2D eigenvalue weighted by Gasteiger charge is -2.36. The Kier molecular flexibility index (Phi) is 7.05. The topological polar surface area (TPSA) is 108 Å². The van der Waals surface area contributed by atoms with Crippen LogP contribution in [0.15, 0.2) is 53.7 Å². The van der Waals surface area contributed by atoms with Crippen molar-refractivity contribution in [1.82, 2.24) is 14.7 Å². The summed E-state index contributed by atoms with van der Waals surface area (Å²) in [5.74, 6) is 0.00819. The first-order valence-electron chi connectivity index (χ1n) is 11.8. The maximum Gasteiger partial charge on any atom is 0.263 e. The Labute approximate surface area is 224 Å². The van der Waals surface area contributed by atoms with Gasteiger partial charge in [-0.3, -0.25) is 9.52 Å². The van der Waals surface area contributed by atoms with Gasteiger partial charge in [0.25, 0.3) is 10.0 Å². The molecule has 1 aromatic heterocycles. The molecule has 1 saturated heterocycles. The van der Waals surface area contributed by atoms with Gasteiger partial charge in [-0.1, -0.05) is 11.6 Å². The van der Waals surface area contributed by atoms with Crippen LogP contribution in [0.1, 0.15) is 29.6 Å². The van der Waals surface area contributed by atoms with Crippen LogP contribution in [0.3, 0.4) is 0 Å².